The van der Waals surface area contributed by atoms with Crippen molar-refractivity contribution in [1.82, 2.24) is 0 Å². The summed E-state index contributed by atoms with van der Waals surface area (Å²) in [5.41, 5.74) is -0.226. The lowest BCUT2D eigenvalue weighted by Gasteiger charge is -2.44. The summed E-state index contributed by atoms with van der Waals surface area (Å²) in [5, 5.41) is 0. The molecule has 4 bridgehead atoms. The summed E-state index contributed by atoms with van der Waals surface area (Å²) in [5.74, 6) is 5.20. The average Bonchev–Trinajstić information content (AvgIpc) is 3.39. The van der Waals surface area contributed by atoms with Crippen molar-refractivity contribution in [2.75, 3.05) is 0 Å². The second-order valence-electron chi connectivity index (χ2n) is 8.87. The Balaban J connectivity index is 1.45. The number of unbranched alkanes of at least 4 members (excludes halogenated alkanes) is 1. The molecule has 0 aromatic heterocycles. The lowest BCUT2D eigenvalue weighted by atomic mass is 9.60. The molecule has 132 valence electrons. The third-order valence-corrected chi connectivity index (χ3v) is 7.82. The summed E-state index contributed by atoms with van der Waals surface area (Å²) >= 11 is 0. The molecule has 0 aliphatic heterocycles. The first-order chi connectivity index (χ1) is 12.2. The van der Waals surface area contributed by atoms with Gasteiger partial charge in [-0.25, -0.2) is 0 Å². The quantitative estimate of drug-likeness (QED) is 0.318. The van der Waals surface area contributed by atoms with Crippen LogP contribution in [0.1, 0.15) is 45.4 Å². The fourth-order valence-corrected chi connectivity index (χ4v) is 7.02. The molecule has 7 atom stereocenters. The van der Waals surface area contributed by atoms with Crippen LogP contribution < -0.4 is 4.74 Å². The van der Waals surface area contributed by atoms with E-state index in [2.05, 4.69) is 19.1 Å². The Kier molecular flexibility index (Phi) is 3.59. The number of ether oxygens (including phenoxy) is 1. The number of hydrogen-bond acceptors (Lipinski definition) is 2. The Morgan fingerprint density at radius 2 is 1.88 bits per heavy atom. The van der Waals surface area contributed by atoms with Crippen molar-refractivity contribution in [3.63, 3.8) is 0 Å². The summed E-state index contributed by atoms with van der Waals surface area (Å²) in [6.07, 6.45) is 11.9. The Bertz CT molecular complexity index is 693. The van der Waals surface area contributed by atoms with Gasteiger partial charge in [0.2, 0.25) is 0 Å². The number of esters is 1. The van der Waals surface area contributed by atoms with E-state index in [0.29, 0.717) is 11.7 Å². The SMILES string of the molecule is CCCCC1(C(=O)Oc2ccccc2)CC2CC1C1C3C=CC(C3)C21. The molecule has 3 fully saturated rings. The van der Waals surface area contributed by atoms with E-state index in [9.17, 15) is 4.79 Å². The molecule has 2 nitrogen and oxygen atoms in total. The number of para-hydroxylation sites is 1. The van der Waals surface area contributed by atoms with Crippen LogP contribution in [0.15, 0.2) is 42.5 Å². The Labute approximate surface area is 150 Å². The van der Waals surface area contributed by atoms with Gasteiger partial charge in [-0.1, -0.05) is 50.1 Å². The van der Waals surface area contributed by atoms with Crippen molar-refractivity contribution in [3.8, 4) is 5.75 Å². The normalized spacial score (nSPS) is 42.8. The van der Waals surface area contributed by atoms with Crippen LogP contribution in [-0.4, -0.2) is 5.97 Å². The molecule has 7 unspecified atom stereocenters. The van der Waals surface area contributed by atoms with Crippen LogP contribution in [0, 0.1) is 40.9 Å². The third-order valence-electron chi connectivity index (χ3n) is 7.82. The number of carbonyl (C=O) groups excluding carboxylic acids is 1. The number of fused-ring (bicyclic) bond motifs is 9. The van der Waals surface area contributed by atoms with Crippen molar-refractivity contribution in [3.05, 3.63) is 42.5 Å². The number of benzene rings is 1. The van der Waals surface area contributed by atoms with Gasteiger partial charge in [0, 0.05) is 0 Å². The van der Waals surface area contributed by atoms with Gasteiger partial charge >= 0.3 is 5.97 Å². The highest BCUT2D eigenvalue weighted by Crippen LogP contribution is 2.71. The van der Waals surface area contributed by atoms with Crippen molar-refractivity contribution >= 4 is 5.97 Å². The van der Waals surface area contributed by atoms with Gasteiger partial charge in [0.25, 0.3) is 0 Å². The molecule has 4 aliphatic carbocycles. The zero-order valence-corrected chi connectivity index (χ0v) is 15.1. The molecule has 25 heavy (non-hydrogen) atoms. The van der Waals surface area contributed by atoms with Gasteiger partial charge in [0.15, 0.2) is 0 Å². The molecular formula is C23H28O2. The molecule has 0 spiro atoms. The van der Waals surface area contributed by atoms with E-state index in [1.165, 1.54) is 12.8 Å². The molecule has 2 heteroatoms. The highest BCUT2D eigenvalue weighted by molar-refractivity contribution is 5.80. The van der Waals surface area contributed by atoms with Crippen LogP contribution >= 0.6 is 0 Å². The maximum Gasteiger partial charge on any atom is 0.317 e. The molecule has 0 radical (unpaired) electrons. The van der Waals surface area contributed by atoms with Crippen molar-refractivity contribution in [2.24, 2.45) is 40.9 Å². The van der Waals surface area contributed by atoms with Gasteiger partial charge in [-0.2, -0.15) is 0 Å². The molecule has 0 amide bonds. The van der Waals surface area contributed by atoms with Gasteiger partial charge in [0.1, 0.15) is 5.75 Å². The van der Waals surface area contributed by atoms with E-state index in [0.717, 1.165) is 55.3 Å². The van der Waals surface area contributed by atoms with E-state index >= 15 is 0 Å². The number of carbonyl (C=O) groups is 1. The summed E-state index contributed by atoms with van der Waals surface area (Å²) in [4.78, 5) is 13.4. The minimum atomic E-state index is -0.226. The van der Waals surface area contributed by atoms with E-state index in [-0.39, 0.29) is 11.4 Å². The maximum atomic E-state index is 13.4. The first-order valence-corrected chi connectivity index (χ1v) is 10.2. The van der Waals surface area contributed by atoms with Crippen LogP contribution in [-0.2, 0) is 4.79 Å². The lowest BCUT2D eigenvalue weighted by Crippen LogP contribution is -2.46. The van der Waals surface area contributed by atoms with E-state index in [1.54, 1.807) is 0 Å². The maximum absolute atomic E-state index is 13.4. The van der Waals surface area contributed by atoms with Gasteiger partial charge in [0.05, 0.1) is 5.41 Å². The van der Waals surface area contributed by atoms with Gasteiger partial charge in [-0.3, -0.25) is 4.79 Å². The van der Waals surface area contributed by atoms with E-state index < -0.39 is 0 Å². The zero-order valence-electron chi connectivity index (χ0n) is 15.1. The largest absolute Gasteiger partial charge is 0.426 e. The molecule has 5 rings (SSSR count). The topological polar surface area (TPSA) is 26.3 Å². The summed E-state index contributed by atoms with van der Waals surface area (Å²) < 4.78 is 5.92. The number of hydrogen-bond donors (Lipinski definition) is 0. The molecular weight excluding hydrogens is 308 g/mol. The van der Waals surface area contributed by atoms with Gasteiger partial charge in [-0.15, -0.1) is 0 Å². The fraction of sp³-hybridized carbons (Fsp3) is 0.609. The minimum Gasteiger partial charge on any atom is -0.426 e. The first kappa shape index (κ1) is 15.7. The Morgan fingerprint density at radius 3 is 2.64 bits per heavy atom. The molecule has 0 heterocycles. The van der Waals surface area contributed by atoms with E-state index in [1.807, 2.05) is 30.3 Å². The number of rotatable bonds is 5. The summed E-state index contributed by atoms with van der Waals surface area (Å²) in [6, 6.07) is 9.66. The van der Waals surface area contributed by atoms with Crippen molar-refractivity contribution in [1.29, 1.82) is 0 Å². The van der Waals surface area contributed by atoms with Gasteiger partial charge < -0.3 is 4.74 Å². The molecule has 1 aromatic carbocycles. The highest BCUT2D eigenvalue weighted by Gasteiger charge is 2.68. The van der Waals surface area contributed by atoms with Gasteiger partial charge in [-0.05, 0) is 73.3 Å². The fourth-order valence-electron chi connectivity index (χ4n) is 7.02. The predicted molar refractivity (Wildman–Crippen MR) is 98.0 cm³/mol. The van der Waals surface area contributed by atoms with Crippen LogP contribution in [0.4, 0.5) is 0 Å². The first-order valence-electron chi connectivity index (χ1n) is 10.2. The van der Waals surface area contributed by atoms with Crippen molar-refractivity contribution in [2.45, 2.75) is 45.4 Å². The monoisotopic (exact) mass is 336 g/mol. The second kappa shape index (κ2) is 5.72. The van der Waals surface area contributed by atoms with Crippen LogP contribution in [0.25, 0.3) is 0 Å². The average molecular weight is 336 g/mol. The number of allylic oxidation sites excluding steroid dienone is 2. The lowest BCUT2D eigenvalue weighted by molar-refractivity contribution is -0.153. The highest BCUT2D eigenvalue weighted by atomic mass is 16.5. The molecule has 1 aromatic rings. The van der Waals surface area contributed by atoms with Crippen LogP contribution in [0.2, 0.25) is 0 Å². The standard InChI is InChI=1S/C23H28O2/c1-2-3-11-23(22(24)25-18-7-5-4-6-8-18)14-17-13-19(23)21-16-10-9-15(12-16)20(17)21/h4-10,15-17,19-21H,2-3,11-14H2,1H3. The molecule has 0 N–H and O–H groups in total. The Morgan fingerprint density at radius 1 is 1.12 bits per heavy atom. The molecule has 3 saturated carbocycles. The molecule has 0 saturated heterocycles. The van der Waals surface area contributed by atoms with Crippen LogP contribution in [0.5, 0.6) is 5.75 Å². The summed E-state index contributed by atoms with van der Waals surface area (Å²) in [7, 11) is 0. The summed E-state index contributed by atoms with van der Waals surface area (Å²) in [6.45, 7) is 2.23. The Hall–Kier alpha value is -1.57. The third kappa shape index (κ3) is 2.19. The van der Waals surface area contributed by atoms with Crippen molar-refractivity contribution < 1.29 is 9.53 Å². The van der Waals surface area contributed by atoms with Crippen LogP contribution in [0.3, 0.4) is 0 Å². The predicted octanol–water partition coefficient (Wildman–Crippen LogP) is 5.25. The smallest absolute Gasteiger partial charge is 0.317 e. The second-order valence-corrected chi connectivity index (χ2v) is 8.87. The zero-order chi connectivity index (χ0) is 17.0. The molecule has 4 aliphatic rings. The van der Waals surface area contributed by atoms with E-state index in [4.69, 9.17) is 4.74 Å². The minimum absolute atomic E-state index is 0.0600.